The standard InChI is InChI=1S/C19H20F3N3O3/c1-17(6-7-17)18(15(27)23-16(28)24-18)5-4-14(26)25-9-11-2-3-13(19(20,21)22)8-12(11)10-25/h2-3,8H,4-7,9-10H2,1H3,(H2,23,24,27,28)/t18-/m1/s1. The Morgan fingerprint density at radius 1 is 1.18 bits per heavy atom. The number of benzene rings is 1. The molecule has 4 rings (SSSR count). The number of amides is 4. The van der Waals surface area contributed by atoms with Gasteiger partial charge >= 0.3 is 12.2 Å². The van der Waals surface area contributed by atoms with Crippen LogP contribution in [0.5, 0.6) is 0 Å². The van der Waals surface area contributed by atoms with Gasteiger partial charge in [0, 0.05) is 19.5 Å². The zero-order chi connectivity index (χ0) is 20.3. The molecule has 1 atom stereocenters. The van der Waals surface area contributed by atoms with Gasteiger partial charge in [0.15, 0.2) is 0 Å². The second-order valence-electron chi connectivity index (χ2n) is 8.11. The molecule has 0 radical (unpaired) electrons. The molecule has 2 heterocycles. The Labute approximate surface area is 159 Å². The summed E-state index contributed by atoms with van der Waals surface area (Å²) in [5.41, 5.74) is -1.03. The van der Waals surface area contributed by atoms with Gasteiger partial charge in [0.2, 0.25) is 5.91 Å². The lowest BCUT2D eigenvalue weighted by atomic mass is 9.78. The number of hydrogen-bond acceptors (Lipinski definition) is 3. The average Bonchev–Trinajstić information content (AvgIpc) is 3.11. The zero-order valence-corrected chi connectivity index (χ0v) is 15.3. The van der Waals surface area contributed by atoms with E-state index in [0.717, 1.165) is 25.0 Å². The van der Waals surface area contributed by atoms with Crippen LogP contribution < -0.4 is 10.6 Å². The fraction of sp³-hybridized carbons (Fsp3) is 0.526. The molecule has 0 unspecified atom stereocenters. The predicted molar refractivity (Wildman–Crippen MR) is 91.7 cm³/mol. The Bertz CT molecular complexity index is 879. The topological polar surface area (TPSA) is 78.5 Å². The minimum absolute atomic E-state index is 0.0312. The first-order chi connectivity index (χ1) is 13.0. The lowest BCUT2D eigenvalue weighted by Crippen LogP contribution is -2.54. The van der Waals surface area contributed by atoms with Gasteiger partial charge in [-0.1, -0.05) is 13.0 Å². The third-order valence-electron chi connectivity index (χ3n) is 6.29. The minimum Gasteiger partial charge on any atom is -0.334 e. The van der Waals surface area contributed by atoms with Crippen molar-refractivity contribution in [3.8, 4) is 0 Å². The van der Waals surface area contributed by atoms with E-state index in [1.54, 1.807) is 0 Å². The highest BCUT2D eigenvalue weighted by Crippen LogP contribution is 2.56. The highest BCUT2D eigenvalue weighted by atomic mass is 19.4. The number of carbonyl (C=O) groups is 3. The summed E-state index contributed by atoms with van der Waals surface area (Å²) in [7, 11) is 0. The molecule has 28 heavy (non-hydrogen) atoms. The maximum absolute atomic E-state index is 12.9. The quantitative estimate of drug-likeness (QED) is 0.770. The highest BCUT2D eigenvalue weighted by molar-refractivity contribution is 6.08. The number of carbonyl (C=O) groups excluding carboxylic acids is 3. The van der Waals surface area contributed by atoms with E-state index in [4.69, 9.17) is 0 Å². The van der Waals surface area contributed by atoms with Gasteiger partial charge in [-0.25, -0.2) is 4.79 Å². The van der Waals surface area contributed by atoms with Gasteiger partial charge in [-0.15, -0.1) is 0 Å². The van der Waals surface area contributed by atoms with Crippen LogP contribution in [-0.4, -0.2) is 28.3 Å². The van der Waals surface area contributed by atoms with Crippen LogP contribution in [0.15, 0.2) is 18.2 Å². The van der Waals surface area contributed by atoms with E-state index < -0.39 is 29.2 Å². The maximum Gasteiger partial charge on any atom is 0.416 e. The van der Waals surface area contributed by atoms with Crippen LogP contribution in [0.4, 0.5) is 18.0 Å². The second-order valence-corrected chi connectivity index (χ2v) is 8.11. The van der Waals surface area contributed by atoms with Crippen LogP contribution in [0.25, 0.3) is 0 Å². The van der Waals surface area contributed by atoms with Gasteiger partial charge < -0.3 is 10.2 Å². The van der Waals surface area contributed by atoms with Gasteiger partial charge in [0.05, 0.1) is 5.56 Å². The molecular weight excluding hydrogens is 375 g/mol. The Balaban J connectivity index is 1.45. The number of hydrogen-bond donors (Lipinski definition) is 2. The molecule has 0 spiro atoms. The van der Waals surface area contributed by atoms with E-state index in [2.05, 4.69) is 10.6 Å². The van der Waals surface area contributed by atoms with Crippen molar-refractivity contribution in [1.82, 2.24) is 15.5 Å². The van der Waals surface area contributed by atoms with Crippen LogP contribution in [0.1, 0.15) is 49.3 Å². The first kappa shape index (κ1) is 18.8. The number of halogens is 3. The molecule has 1 saturated heterocycles. The molecule has 2 fully saturated rings. The van der Waals surface area contributed by atoms with E-state index in [1.807, 2.05) is 6.92 Å². The molecule has 9 heteroatoms. The van der Waals surface area contributed by atoms with Crippen molar-refractivity contribution >= 4 is 17.8 Å². The molecule has 0 bridgehead atoms. The number of nitrogens with one attached hydrogen (secondary N) is 2. The molecule has 150 valence electrons. The van der Waals surface area contributed by atoms with Crippen molar-refractivity contribution in [1.29, 1.82) is 0 Å². The summed E-state index contributed by atoms with van der Waals surface area (Å²) in [5, 5.41) is 4.97. The number of imide groups is 1. The van der Waals surface area contributed by atoms with E-state index in [-0.39, 0.29) is 37.3 Å². The van der Waals surface area contributed by atoms with Crippen molar-refractivity contribution in [2.24, 2.45) is 5.41 Å². The van der Waals surface area contributed by atoms with E-state index >= 15 is 0 Å². The summed E-state index contributed by atoms with van der Waals surface area (Å²) in [6, 6.07) is 2.95. The van der Waals surface area contributed by atoms with Gasteiger partial charge in [-0.2, -0.15) is 13.2 Å². The van der Waals surface area contributed by atoms with E-state index in [9.17, 15) is 27.6 Å². The monoisotopic (exact) mass is 395 g/mol. The molecule has 2 N–H and O–H groups in total. The second kappa shape index (κ2) is 5.96. The Morgan fingerprint density at radius 2 is 1.86 bits per heavy atom. The summed E-state index contributed by atoms with van der Waals surface area (Å²) in [6.45, 7) is 2.27. The van der Waals surface area contributed by atoms with Crippen molar-refractivity contribution in [3.05, 3.63) is 34.9 Å². The Hall–Kier alpha value is -2.58. The zero-order valence-electron chi connectivity index (χ0n) is 15.3. The van der Waals surface area contributed by atoms with E-state index in [1.165, 1.54) is 11.0 Å². The lowest BCUT2D eigenvalue weighted by Gasteiger charge is -2.33. The van der Waals surface area contributed by atoms with Crippen molar-refractivity contribution < 1.29 is 27.6 Å². The lowest BCUT2D eigenvalue weighted by molar-refractivity contribution is -0.137. The molecule has 1 aromatic rings. The molecule has 1 aliphatic carbocycles. The first-order valence-electron chi connectivity index (χ1n) is 9.14. The molecule has 2 aliphatic heterocycles. The summed E-state index contributed by atoms with van der Waals surface area (Å²) < 4.78 is 38.6. The van der Waals surface area contributed by atoms with Crippen LogP contribution in [0.2, 0.25) is 0 Å². The van der Waals surface area contributed by atoms with Crippen LogP contribution in [0, 0.1) is 5.41 Å². The van der Waals surface area contributed by atoms with Crippen LogP contribution in [-0.2, 0) is 28.9 Å². The van der Waals surface area contributed by atoms with Crippen molar-refractivity contribution in [3.63, 3.8) is 0 Å². The number of nitrogens with zero attached hydrogens (tertiary/aromatic N) is 1. The van der Waals surface area contributed by atoms with Crippen molar-refractivity contribution in [2.45, 2.75) is 57.4 Å². The highest BCUT2D eigenvalue weighted by Gasteiger charge is 2.63. The van der Waals surface area contributed by atoms with Crippen LogP contribution in [0.3, 0.4) is 0 Å². The van der Waals surface area contributed by atoms with Gasteiger partial charge in [-0.3, -0.25) is 14.9 Å². The van der Waals surface area contributed by atoms with Gasteiger partial charge in [0.1, 0.15) is 5.54 Å². The van der Waals surface area contributed by atoms with Crippen molar-refractivity contribution in [2.75, 3.05) is 0 Å². The largest absolute Gasteiger partial charge is 0.416 e. The maximum atomic E-state index is 12.9. The molecule has 3 aliphatic rings. The molecule has 6 nitrogen and oxygen atoms in total. The summed E-state index contributed by atoms with van der Waals surface area (Å²) >= 11 is 0. The molecule has 0 aromatic heterocycles. The first-order valence-corrected chi connectivity index (χ1v) is 9.14. The third kappa shape index (κ3) is 2.93. The summed E-state index contributed by atoms with van der Waals surface area (Å²) in [5.74, 6) is -0.660. The number of rotatable bonds is 4. The summed E-state index contributed by atoms with van der Waals surface area (Å²) in [6.07, 6.45) is -2.66. The fourth-order valence-electron chi connectivity index (χ4n) is 4.21. The molecule has 1 aromatic carbocycles. The molecule has 4 amide bonds. The predicted octanol–water partition coefficient (Wildman–Crippen LogP) is 2.71. The molecule has 1 saturated carbocycles. The summed E-state index contributed by atoms with van der Waals surface area (Å²) in [4.78, 5) is 38.3. The average molecular weight is 395 g/mol. The van der Waals surface area contributed by atoms with Gasteiger partial charge in [-0.05, 0) is 47.9 Å². The number of fused-ring (bicyclic) bond motifs is 1. The molecular formula is C19H20F3N3O3. The Kier molecular flexibility index (Phi) is 3.99. The van der Waals surface area contributed by atoms with Crippen LogP contribution >= 0.6 is 0 Å². The third-order valence-corrected chi connectivity index (χ3v) is 6.29. The van der Waals surface area contributed by atoms with E-state index in [0.29, 0.717) is 11.1 Å². The Morgan fingerprint density at radius 3 is 2.43 bits per heavy atom. The number of alkyl halides is 3. The fourth-order valence-corrected chi connectivity index (χ4v) is 4.21. The SMILES string of the molecule is CC1([C@]2(CCC(=O)N3Cc4ccc(C(F)(F)F)cc4C3)NC(=O)NC2=O)CC1. The normalized spacial score (nSPS) is 25.4. The minimum atomic E-state index is -4.42. The number of urea groups is 1. The smallest absolute Gasteiger partial charge is 0.334 e. The van der Waals surface area contributed by atoms with Gasteiger partial charge in [0.25, 0.3) is 5.91 Å².